The molecule has 0 spiro atoms. The topological polar surface area (TPSA) is 29.0 Å². The SMILES string of the molecule is Cc1cccc(CN(CCc2ccccn2)Cc2ccccc2)n1. The predicted octanol–water partition coefficient (Wildman–Crippen LogP) is 4.03. The van der Waals surface area contributed by atoms with E-state index in [2.05, 4.69) is 63.4 Å². The van der Waals surface area contributed by atoms with Gasteiger partial charge in [0.05, 0.1) is 5.69 Å². The Kier molecular flexibility index (Phi) is 5.70. The second-order valence-electron chi connectivity index (χ2n) is 6.04. The minimum absolute atomic E-state index is 0.851. The molecule has 3 rings (SSSR count). The van der Waals surface area contributed by atoms with Gasteiger partial charge in [-0.1, -0.05) is 42.5 Å². The molecular formula is C21H23N3. The molecule has 0 saturated heterocycles. The van der Waals surface area contributed by atoms with Crippen LogP contribution in [-0.2, 0) is 19.5 Å². The average Bonchev–Trinajstić information content (AvgIpc) is 2.61. The quantitative estimate of drug-likeness (QED) is 0.659. The summed E-state index contributed by atoms with van der Waals surface area (Å²) in [5.74, 6) is 0. The number of benzene rings is 1. The second-order valence-corrected chi connectivity index (χ2v) is 6.04. The molecule has 2 aromatic heterocycles. The van der Waals surface area contributed by atoms with Crippen LogP contribution in [0.15, 0.2) is 72.9 Å². The Morgan fingerprint density at radius 1 is 0.792 bits per heavy atom. The summed E-state index contributed by atoms with van der Waals surface area (Å²) in [7, 11) is 0. The summed E-state index contributed by atoms with van der Waals surface area (Å²) in [5.41, 5.74) is 4.64. The molecule has 3 heteroatoms. The zero-order chi connectivity index (χ0) is 16.6. The van der Waals surface area contributed by atoms with Crippen molar-refractivity contribution in [2.24, 2.45) is 0 Å². The molecule has 0 N–H and O–H groups in total. The zero-order valence-corrected chi connectivity index (χ0v) is 14.1. The van der Waals surface area contributed by atoms with Gasteiger partial charge in [-0.3, -0.25) is 14.9 Å². The molecule has 0 aliphatic rings. The lowest BCUT2D eigenvalue weighted by Gasteiger charge is -2.22. The Bertz CT molecular complexity index is 741. The van der Waals surface area contributed by atoms with Crippen LogP contribution in [0.2, 0.25) is 0 Å². The number of aryl methyl sites for hydroxylation is 1. The Morgan fingerprint density at radius 2 is 1.58 bits per heavy atom. The van der Waals surface area contributed by atoms with E-state index in [0.717, 1.165) is 43.1 Å². The van der Waals surface area contributed by atoms with E-state index in [1.807, 2.05) is 31.3 Å². The first-order chi connectivity index (χ1) is 11.8. The van der Waals surface area contributed by atoms with E-state index in [1.165, 1.54) is 5.56 Å². The highest BCUT2D eigenvalue weighted by atomic mass is 15.1. The van der Waals surface area contributed by atoms with Gasteiger partial charge in [0.25, 0.3) is 0 Å². The van der Waals surface area contributed by atoms with Gasteiger partial charge in [0.15, 0.2) is 0 Å². The first-order valence-corrected chi connectivity index (χ1v) is 8.38. The van der Waals surface area contributed by atoms with Crippen molar-refractivity contribution in [3.05, 3.63) is 95.6 Å². The van der Waals surface area contributed by atoms with E-state index in [0.29, 0.717) is 0 Å². The van der Waals surface area contributed by atoms with Gasteiger partial charge in [0.2, 0.25) is 0 Å². The third kappa shape index (κ3) is 5.00. The van der Waals surface area contributed by atoms with Gasteiger partial charge < -0.3 is 0 Å². The van der Waals surface area contributed by atoms with E-state index in [1.54, 1.807) is 0 Å². The van der Waals surface area contributed by atoms with Crippen LogP contribution >= 0.6 is 0 Å². The maximum atomic E-state index is 4.65. The molecule has 3 aromatic rings. The van der Waals surface area contributed by atoms with Gasteiger partial charge in [-0.25, -0.2) is 0 Å². The van der Waals surface area contributed by atoms with Crippen LogP contribution in [0.5, 0.6) is 0 Å². The lowest BCUT2D eigenvalue weighted by molar-refractivity contribution is 0.256. The fourth-order valence-corrected chi connectivity index (χ4v) is 2.79. The number of hydrogen-bond donors (Lipinski definition) is 0. The van der Waals surface area contributed by atoms with Gasteiger partial charge in [-0.05, 0) is 36.8 Å². The van der Waals surface area contributed by atoms with Crippen molar-refractivity contribution in [2.75, 3.05) is 6.54 Å². The molecule has 24 heavy (non-hydrogen) atoms. The first kappa shape index (κ1) is 16.3. The van der Waals surface area contributed by atoms with Gasteiger partial charge in [-0.2, -0.15) is 0 Å². The average molecular weight is 317 g/mol. The molecule has 0 atom stereocenters. The molecule has 3 nitrogen and oxygen atoms in total. The lowest BCUT2D eigenvalue weighted by Crippen LogP contribution is -2.26. The molecule has 1 aromatic carbocycles. The largest absolute Gasteiger partial charge is 0.293 e. The van der Waals surface area contributed by atoms with Crippen LogP contribution in [-0.4, -0.2) is 21.4 Å². The summed E-state index contributed by atoms with van der Waals surface area (Å²) >= 11 is 0. The Labute approximate surface area is 144 Å². The van der Waals surface area contributed by atoms with Crippen LogP contribution in [0, 0.1) is 6.92 Å². The summed E-state index contributed by atoms with van der Waals surface area (Å²) in [4.78, 5) is 11.5. The fraction of sp³-hybridized carbons (Fsp3) is 0.238. The molecule has 0 aliphatic heterocycles. The number of pyridine rings is 2. The van der Waals surface area contributed by atoms with Crippen molar-refractivity contribution in [3.63, 3.8) is 0 Å². The zero-order valence-electron chi connectivity index (χ0n) is 14.1. The molecule has 0 radical (unpaired) electrons. The van der Waals surface area contributed by atoms with Gasteiger partial charge >= 0.3 is 0 Å². The molecular weight excluding hydrogens is 294 g/mol. The van der Waals surface area contributed by atoms with Crippen molar-refractivity contribution >= 4 is 0 Å². The van der Waals surface area contributed by atoms with E-state index in [-0.39, 0.29) is 0 Å². The number of nitrogens with zero attached hydrogens (tertiary/aromatic N) is 3. The van der Waals surface area contributed by atoms with Crippen molar-refractivity contribution in [1.29, 1.82) is 0 Å². The molecule has 0 amide bonds. The lowest BCUT2D eigenvalue weighted by atomic mass is 10.2. The highest BCUT2D eigenvalue weighted by Gasteiger charge is 2.09. The minimum atomic E-state index is 0.851. The number of rotatable bonds is 7. The van der Waals surface area contributed by atoms with E-state index < -0.39 is 0 Å². The van der Waals surface area contributed by atoms with Crippen molar-refractivity contribution in [1.82, 2.24) is 14.9 Å². The maximum absolute atomic E-state index is 4.65. The first-order valence-electron chi connectivity index (χ1n) is 8.38. The summed E-state index contributed by atoms with van der Waals surface area (Å²) < 4.78 is 0. The van der Waals surface area contributed by atoms with Crippen LogP contribution in [0.4, 0.5) is 0 Å². The number of aromatic nitrogens is 2. The molecule has 122 valence electrons. The van der Waals surface area contributed by atoms with Gasteiger partial charge in [0, 0.05) is 43.6 Å². The Morgan fingerprint density at radius 3 is 2.33 bits per heavy atom. The second kappa shape index (κ2) is 8.37. The minimum Gasteiger partial charge on any atom is -0.293 e. The Hall–Kier alpha value is -2.52. The van der Waals surface area contributed by atoms with Crippen molar-refractivity contribution < 1.29 is 0 Å². The third-order valence-electron chi connectivity index (χ3n) is 3.99. The number of hydrogen-bond acceptors (Lipinski definition) is 3. The molecule has 0 saturated carbocycles. The van der Waals surface area contributed by atoms with Gasteiger partial charge in [-0.15, -0.1) is 0 Å². The van der Waals surface area contributed by atoms with Crippen molar-refractivity contribution in [2.45, 2.75) is 26.4 Å². The van der Waals surface area contributed by atoms with Crippen LogP contribution in [0.25, 0.3) is 0 Å². The molecule has 0 unspecified atom stereocenters. The highest BCUT2D eigenvalue weighted by molar-refractivity contribution is 5.15. The Balaban J connectivity index is 1.70. The summed E-state index contributed by atoms with van der Waals surface area (Å²) in [5, 5.41) is 0. The van der Waals surface area contributed by atoms with E-state index in [4.69, 9.17) is 0 Å². The molecule has 2 heterocycles. The summed E-state index contributed by atoms with van der Waals surface area (Å²) in [6.07, 6.45) is 2.80. The predicted molar refractivity (Wildman–Crippen MR) is 97.5 cm³/mol. The van der Waals surface area contributed by atoms with Crippen LogP contribution in [0.1, 0.15) is 22.6 Å². The van der Waals surface area contributed by atoms with Crippen LogP contribution < -0.4 is 0 Å². The molecule has 0 bridgehead atoms. The smallest absolute Gasteiger partial charge is 0.0547 e. The van der Waals surface area contributed by atoms with Gasteiger partial charge in [0.1, 0.15) is 0 Å². The standard InChI is InChI=1S/C21H23N3/c1-18-8-7-12-21(23-18)17-24(16-19-9-3-2-4-10-19)15-13-20-11-5-6-14-22-20/h2-12,14H,13,15-17H2,1H3. The fourth-order valence-electron chi connectivity index (χ4n) is 2.79. The van der Waals surface area contributed by atoms with Crippen LogP contribution in [0.3, 0.4) is 0 Å². The third-order valence-corrected chi connectivity index (χ3v) is 3.99. The summed E-state index contributed by atoms with van der Waals surface area (Å²) in [6.45, 7) is 4.77. The summed E-state index contributed by atoms with van der Waals surface area (Å²) in [6, 6.07) is 22.9. The normalized spacial score (nSPS) is 10.9. The van der Waals surface area contributed by atoms with E-state index >= 15 is 0 Å². The maximum Gasteiger partial charge on any atom is 0.0547 e. The molecule has 0 aliphatic carbocycles. The highest BCUT2D eigenvalue weighted by Crippen LogP contribution is 2.10. The van der Waals surface area contributed by atoms with Crippen molar-refractivity contribution in [3.8, 4) is 0 Å². The monoisotopic (exact) mass is 317 g/mol. The van der Waals surface area contributed by atoms with E-state index in [9.17, 15) is 0 Å². The molecule has 0 fully saturated rings.